The quantitative estimate of drug-likeness (QED) is 0.743. The molecule has 1 aromatic rings. The normalized spacial score (nSPS) is 18.3. The van der Waals surface area contributed by atoms with Crippen LogP contribution in [0.2, 0.25) is 0 Å². The lowest BCUT2D eigenvalue weighted by Crippen LogP contribution is -2.16. The van der Waals surface area contributed by atoms with Gasteiger partial charge < -0.3 is 5.73 Å². The van der Waals surface area contributed by atoms with E-state index in [0.717, 1.165) is 6.42 Å². The van der Waals surface area contributed by atoms with Crippen LogP contribution in [0.25, 0.3) is 0 Å². The van der Waals surface area contributed by atoms with Gasteiger partial charge in [0.2, 0.25) is 0 Å². The van der Waals surface area contributed by atoms with Crippen molar-refractivity contribution in [3.8, 4) is 0 Å². The fourth-order valence-corrected chi connectivity index (χ4v) is 1.83. The molecule has 0 saturated heterocycles. The predicted molar refractivity (Wildman–Crippen MR) is 52.6 cm³/mol. The number of nitrogens with zero attached hydrogens (tertiary/aromatic N) is 2. The summed E-state index contributed by atoms with van der Waals surface area (Å²) in [6.45, 7) is 2.78. The molecule has 1 aliphatic rings. The third-order valence-electron chi connectivity index (χ3n) is 2.80. The SMILES string of the molecule is CC(CN)n1cc2c(n1)CCCC2. The Morgan fingerprint density at radius 2 is 2.31 bits per heavy atom. The summed E-state index contributed by atoms with van der Waals surface area (Å²) in [5, 5.41) is 4.56. The van der Waals surface area contributed by atoms with E-state index >= 15 is 0 Å². The minimum Gasteiger partial charge on any atom is -0.328 e. The van der Waals surface area contributed by atoms with Gasteiger partial charge in [-0.2, -0.15) is 5.10 Å². The van der Waals surface area contributed by atoms with Crippen molar-refractivity contribution < 1.29 is 0 Å². The molecule has 2 rings (SSSR count). The number of hydrogen-bond acceptors (Lipinski definition) is 2. The second-order valence-electron chi connectivity index (χ2n) is 3.87. The molecule has 1 aliphatic carbocycles. The Morgan fingerprint density at radius 1 is 1.54 bits per heavy atom. The standard InChI is InChI=1S/C10H17N3/c1-8(6-11)13-7-9-4-2-3-5-10(9)12-13/h7-8H,2-6,11H2,1H3. The highest BCUT2D eigenvalue weighted by Gasteiger charge is 2.14. The zero-order valence-electron chi connectivity index (χ0n) is 8.16. The highest BCUT2D eigenvalue weighted by molar-refractivity contribution is 5.20. The van der Waals surface area contributed by atoms with E-state index in [4.69, 9.17) is 5.73 Å². The number of fused-ring (bicyclic) bond motifs is 1. The lowest BCUT2D eigenvalue weighted by atomic mass is 9.99. The molecule has 3 nitrogen and oxygen atoms in total. The summed E-state index contributed by atoms with van der Waals surface area (Å²) in [6.07, 6.45) is 7.13. The number of hydrogen-bond donors (Lipinski definition) is 1. The first kappa shape index (κ1) is 8.75. The van der Waals surface area contributed by atoms with Crippen LogP contribution in [0.5, 0.6) is 0 Å². The summed E-state index contributed by atoms with van der Waals surface area (Å²) >= 11 is 0. The number of nitrogens with two attached hydrogens (primary N) is 1. The predicted octanol–water partition coefficient (Wildman–Crippen LogP) is 1.28. The van der Waals surface area contributed by atoms with Gasteiger partial charge in [0, 0.05) is 12.7 Å². The molecule has 0 bridgehead atoms. The van der Waals surface area contributed by atoms with Crippen molar-refractivity contribution in [1.82, 2.24) is 9.78 Å². The van der Waals surface area contributed by atoms with Gasteiger partial charge in [-0.1, -0.05) is 0 Å². The molecular formula is C10H17N3. The molecular weight excluding hydrogens is 162 g/mol. The van der Waals surface area contributed by atoms with Crippen molar-refractivity contribution in [2.75, 3.05) is 6.54 Å². The van der Waals surface area contributed by atoms with Gasteiger partial charge >= 0.3 is 0 Å². The van der Waals surface area contributed by atoms with Crippen molar-refractivity contribution in [2.45, 2.75) is 38.6 Å². The van der Waals surface area contributed by atoms with E-state index in [1.54, 1.807) is 0 Å². The van der Waals surface area contributed by atoms with Crippen molar-refractivity contribution in [2.24, 2.45) is 5.73 Å². The summed E-state index contributed by atoms with van der Waals surface area (Å²) in [7, 11) is 0. The molecule has 2 N–H and O–H groups in total. The molecule has 0 saturated carbocycles. The number of rotatable bonds is 2. The van der Waals surface area contributed by atoms with Crippen LogP contribution in [0.4, 0.5) is 0 Å². The van der Waals surface area contributed by atoms with Crippen LogP contribution in [0.1, 0.15) is 37.1 Å². The Balaban J connectivity index is 2.25. The lowest BCUT2D eigenvalue weighted by molar-refractivity contribution is 0.495. The molecule has 3 heteroatoms. The molecule has 0 amide bonds. The largest absolute Gasteiger partial charge is 0.328 e. The lowest BCUT2D eigenvalue weighted by Gasteiger charge is -2.07. The van der Waals surface area contributed by atoms with E-state index in [2.05, 4.69) is 18.2 Å². The maximum absolute atomic E-state index is 5.60. The summed E-state index contributed by atoms with van der Waals surface area (Å²) in [5.74, 6) is 0. The molecule has 0 fully saturated rings. The second-order valence-corrected chi connectivity index (χ2v) is 3.87. The molecule has 1 unspecified atom stereocenters. The van der Waals surface area contributed by atoms with Crippen molar-refractivity contribution >= 4 is 0 Å². The zero-order chi connectivity index (χ0) is 9.26. The molecule has 1 atom stereocenters. The first-order valence-corrected chi connectivity index (χ1v) is 5.08. The number of aromatic nitrogens is 2. The third-order valence-corrected chi connectivity index (χ3v) is 2.80. The summed E-state index contributed by atoms with van der Waals surface area (Å²) in [4.78, 5) is 0. The van der Waals surface area contributed by atoms with Crippen molar-refractivity contribution in [3.05, 3.63) is 17.5 Å². The highest BCUT2D eigenvalue weighted by Crippen LogP contribution is 2.20. The fourth-order valence-electron chi connectivity index (χ4n) is 1.83. The minimum atomic E-state index is 0.339. The average Bonchev–Trinajstić information content (AvgIpc) is 2.59. The minimum absolute atomic E-state index is 0.339. The molecule has 1 heterocycles. The molecule has 1 aromatic heterocycles. The van der Waals surface area contributed by atoms with E-state index in [1.165, 1.54) is 30.5 Å². The van der Waals surface area contributed by atoms with Crippen LogP contribution in [0.3, 0.4) is 0 Å². The van der Waals surface area contributed by atoms with Gasteiger partial charge in [0.1, 0.15) is 0 Å². The molecule has 72 valence electrons. The van der Waals surface area contributed by atoms with E-state index in [-0.39, 0.29) is 0 Å². The van der Waals surface area contributed by atoms with E-state index in [1.807, 2.05) is 4.68 Å². The fraction of sp³-hybridized carbons (Fsp3) is 0.700. The topological polar surface area (TPSA) is 43.8 Å². The molecule has 0 aromatic carbocycles. The van der Waals surface area contributed by atoms with Crippen LogP contribution in [-0.2, 0) is 12.8 Å². The van der Waals surface area contributed by atoms with Crippen LogP contribution in [0, 0.1) is 0 Å². The van der Waals surface area contributed by atoms with Gasteiger partial charge in [-0.3, -0.25) is 4.68 Å². The Hall–Kier alpha value is -0.830. The summed E-state index contributed by atoms with van der Waals surface area (Å²) in [5.41, 5.74) is 8.34. The van der Waals surface area contributed by atoms with E-state index in [0.29, 0.717) is 12.6 Å². The maximum atomic E-state index is 5.60. The van der Waals surface area contributed by atoms with Crippen molar-refractivity contribution in [1.29, 1.82) is 0 Å². The molecule has 0 spiro atoms. The average molecular weight is 179 g/mol. The first-order valence-electron chi connectivity index (χ1n) is 5.08. The van der Waals surface area contributed by atoms with Gasteiger partial charge in [0.15, 0.2) is 0 Å². The zero-order valence-corrected chi connectivity index (χ0v) is 8.16. The Labute approximate surface area is 78.9 Å². The van der Waals surface area contributed by atoms with Gasteiger partial charge in [0.05, 0.1) is 11.7 Å². The summed E-state index contributed by atoms with van der Waals surface area (Å²) in [6, 6.07) is 0.339. The first-order chi connectivity index (χ1) is 6.31. The second kappa shape index (κ2) is 3.50. The van der Waals surface area contributed by atoms with E-state index < -0.39 is 0 Å². The van der Waals surface area contributed by atoms with Crippen LogP contribution in [0.15, 0.2) is 6.20 Å². The monoisotopic (exact) mass is 179 g/mol. The smallest absolute Gasteiger partial charge is 0.0656 e. The van der Waals surface area contributed by atoms with Crippen LogP contribution in [-0.4, -0.2) is 16.3 Å². The van der Waals surface area contributed by atoms with Crippen molar-refractivity contribution in [3.63, 3.8) is 0 Å². The Kier molecular flexibility index (Phi) is 2.36. The van der Waals surface area contributed by atoms with Gasteiger partial charge in [-0.05, 0) is 38.2 Å². The Bertz CT molecular complexity index is 267. The Morgan fingerprint density at radius 3 is 3.00 bits per heavy atom. The van der Waals surface area contributed by atoms with Gasteiger partial charge in [-0.15, -0.1) is 0 Å². The van der Waals surface area contributed by atoms with Crippen LogP contribution < -0.4 is 5.73 Å². The van der Waals surface area contributed by atoms with Crippen LogP contribution >= 0.6 is 0 Å². The third kappa shape index (κ3) is 1.61. The molecule has 13 heavy (non-hydrogen) atoms. The highest BCUT2D eigenvalue weighted by atomic mass is 15.3. The molecule has 0 aliphatic heterocycles. The van der Waals surface area contributed by atoms with E-state index in [9.17, 15) is 0 Å². The summed E-state index contributed by atoms with van der Waals surface area (Å²) < 4.78 is 2.02. The molecule has 0 radical (unpaired) electrons. The van der Waals surface area contributed by atoms with Gasteiger partial charge in [-0.25, -0.2) is 0 Å². The van der Waals surface area contributed by atoms with Gasteiger partial charge in [0.25, 0.3) is 0 Å². The maximum Gasteiger partial charge on any atom is 0.0656 e. The number of aryl methyl sites for hydroxylation is 2.